The number of aliphatic hydroxyl groups is 1. The van der Waals surface area contributed by atoms with Crippen LogP contribution in [0.4, 0.5) is 0 Å². The van der Waals surface area contributed by atoms with Crippen LogP contribution in [0.1, 0.15) is 70.5 Å². The van der Waals surface area contributed by atoms with E-state index in [-0.39, 0.29) is 24.0 Å². The molecule has 22 heavy (non-hydrogen) atoms. The van der Waals surface area contributed by atoms with E-state index in [1.54, 1.807) is 6.92 Å². The van der Waals surface area contributed by atoms with Crippen LogP contribution in [-0.2, 0) is 11.2 Å². The van der Waals surface area contributed by atoms with E-state index in [4.69, 9.17) is 4.52 Å². The Hall–Kier alpha value is -1.43. The van der Waals surface area contributed by atoms with Crippen LogP contribution in [-0.4, -0.2) is 44.7 Å². The molecular weight excluding hydrogens is 282 g/mol. The fourth-order valence-corrected chi connectivity index (χ4v) is 2.94. The molecule has 2 rings (SSSR count). The fourth-order valence-electron chi connectivity index (χ4n) is 2.94. The first-order valence-electron chi connectivity index (χ1n) is 8.27. The number of hydrogen-bond donors (Lipinski definition) is 1. The minimum absolute atomic E-state index is 0.173. The van der Waals surface area contributed by atoms with Gasteiger partial charge < -0.3 is 14.5 Å². The molecule has 1 fully saturated rings. The first kappa shape index (κ1) is 16.9. The van der Waals surface area contributed by atoms with E-state index in [1.807, 2.05) is 18.7 Å². The average Bonchev–Trinajstić information content (AvgIpc) is 3.07. The fraction of sp³-hybridized carbons (Fsp3) is 0.812. The van der Waals surface area contributed by atoms with Gasteiger partial charge in [-0.2, -0.15) is 4.98 Å². The molecule has 1 amide bonds. The zero-order valence-corrected chi connectivity index (χ0v) is 13.8. The van der Waals surface area contributed by atoms with Gasteiger partial charge in [0.1, 0.15) is 0 Å². The van der Waals surface area contributed by atoms with Crippen LogP contribution in [0.3, 0.4) is 0 Å². The molecule has 1 aliphatic rings. The van der Waals surface area contributed by atoms with Crippen molar-refractivity contribution in [2.45, 2.75) is 77.4 Å². The van der Waals surface area contributed by atoms with E-state index >= 15 is 0 Å². The highest BCUT2D eigenvalue weighted by Gasteiger charge is 2.29. The lowest BCUT2D eigenvalue weighted by Gasteiger charge is -2.25. The Morgan fingerprint density at radius 3 is 2.86 bits per heavy atom. The van der Waals surface area contributed by atoms with E-state index in [1.165, 1.54) is 0 Å². The molecule has 1 aromatic rings. The summed E-state index contributed by atoms with van der Waals surface area (Å²) < 4.78 is 5.19. The van der Waals surface area contributed by atoms with Crippen molar-refractivity contribution in [1.82, 2.24) is 15.0 Å². The minimum atomic E-state index is -0.355. The molecule has 1 saturated heterocycles. The maximum absolute atomic E-state index is 12.3. The maximum atomic E-state index is 12.3. The summed E-state index contributed by atoms with van der Waals surface area (Å²) >= 11 is 0. The summed E-state index contributed by atoms with van der Waals surface area (Å²) in [5, 5.41) is 13.4. The number of hydrogen-bond acceptors (Lipinski definition) is 5. The summed E-state index contributed by atoms with van der Waals surface area (Å²) in [5.41, 5.74) is 0. The molecule has 0 spiro atoms. The van der Waals surface area contributed by atoms with Gasteiger partial charge in [-0.1, -0.05) is 19.0 Å². The number of nitrogens with zero attached hydrogens (tertiary/aromatic N) is 3. The SMILES string of the molecule is CC(O)CC1CCCN1C(=O)CCCc1nc(C(C)C)no1. The predicted molar refractivity (Wildman–Crippen MR) is 82.4 cm³/mol. The van der Waals surface area contributed by atoms with Gasteiger partial charge >= 0.3 is 0 Å². The molecule has 1 aliphatic heterocycles. The lowest BCUT2D eigenvalue weighted by atomic mass is 10.1. The van der Waals surface area contributed by atoms with Crippen LogP contribution in [0.15, 0.2) is 4.52 Å². The van der Waals surface area contributed by atoms with E-state index in [0.29, 0.717) is 25.2 Å². The lowest BCUT2D eigenvalue weighted by Crippen LogP contribution is -2.37. The number of amides is 1. The molecule has 6 heteroatoms. The number of carbonyl (C=O) groups excluding carboxylic acids is 1. The van der Waals surface area contributed by atoms with Crippen LogP contribution in [0.2, 0.25) is 0 Å². The van der Waals surface area contributed by atoms with E-state index in [9.17, 15) is 9.90 Å². The second-order valence-corrected chi connectivity index (χ2v) is 6.52. The number of carbonyl (C=O) groups is 1. The van der Waals surface area contributed by atoms with Gasteiger partial charge in [-0.3, -0.25) is 4.79 Å². The highest BCUT2D eigenvalue weighted by Crippen LogP contribution is 2.23. The number of aliphatic hydroxyl groups excluding tert-OH is 1. The van der Waals surface area contributed by atoms with Crippen molar-refractivity contribution in [3.8, 4) is 0 Å². The molecule has 0 saturated carbocycles. The molecule has 0 aliphatic carbocycles. The molecule has 0 radical (unpaired) electrons. The van der Waals surface area contributed by atoms with Crippen molar-refractivity contribution >= 4 is 5.91 Å². The Morgan fingerprint density at radius 2 is 2.23 bits per heavy atom. The second-order valence-electron chi connectivity index (χ2n) is 6.52. The molecule has 124 valence electrons. The van der Waals surface area contributed by atoms with Gasteiger partial charge in [0.25, 0.3) is 0 Å². The first-order valence-corrected chi connectivity index (χ1v) is 8.27. The highest BCUT2D eigenvalue weighted by atomic mass is 16.5. The first-order chi connectivity index (χ1) is 10.5. The van der Waals surface area contributed by atoms with Crippen molar-refractivity contribution in [1.29, 1.82) is 0 Å². The molecule has 1 N–H and O–H groups in total. The van der Waals surface area contributed by atoms with Gasteiger partial charge in [-0.05, 0) is 32.6 Å². The Kier molecular flexibility index (Phi) is 5.94. The molecule has 0 aromatic carbocycles. The third kappa shape index (κ3) is 4.53. The molecule has 6 nitrogen and oxygen atoms in total. The average molecular weight is 309 g/mol. The Bertz CT molecular complexity index is 485. The largest absolute Gasteiger partial charge is 0.393 e. The summed E-state index contributed by atoms with van der Waals surface area (Å²) in [4.78, 5) is 18.6. The summed E-state index contributed by atoms with van der Waals surface area (Å²) in [7, 11) is 0. The summed E-state index contributed by atoms with van der Waals surface area (Å²) in [6.45, 7) is 6.64. The topological polar surface area (TPSA) is 79.5 Å². The monoisotopic (exact) mass is 309 g/mol. The normalized spacial score (nSPS) is 19.9. The van der Waals surface area contributed by atoms with Crippen LogP contribution >= 0.6 is 0 Å². The minimum Gasteiger partial charge on any atom is -0.393 e. The van der Waals surface area contributed by atoms with E-state index in [2.05, 4.69) is 10.1 Å². The zero-order chi connectivity index (χ0) is 16.1. The van der Waals surface area contributed by atoms with Crippen LogP contribution in [0.25, 0.3) is 0 Å². The third-order valence-corrected chi connectivity index (χ3v) is 4.09. The van der Waals surface area contributed by atoms with E-state index < -0.39 is 0 Å². The maximum Gasteiger partial charge on any atom is 0.226 e. The smallest absolute Gasteiger partial charge is 0.226 e. The Labute approximate surface area is 131 Å². The summed E-state index contributed by atoms with van der Waals surface area (Å²) in [6, 6.07) is 0.198. The standard InChI is InChI=1S/C16H27N3O3/c1-11(2)16-17-14(22-18-16)7-4-8-15(21)19-9-5-6-13(19)10-12(3)20/h11-13,20H,4-10H2,1-3H3. The van der Waals surface area contributed by atoms with Crippen molar-refractivity contribution < 1.29 is 14.4 Å². The molecule has 2 atom stereocenters. The highest BCUT2D eigenvalue weighted by molar-refractivity contribution is 5.76. The van der Waals surface area contributed by atoms with Crippen LogP contribution in [0, 0.1) is 0 Å². The van der Waals surface area contributed by atoms with Gasteiger partial charge in [-0.15, -0.1) is 0 Å². The van der Waals surface area contributed by atoms with Crippen molar-refractivity contribution in [2.24, 2.45) is 0 Å². The second kappa shape index (κ2) is 7.72. The van der Waals surface area contributed by atoms with Crippen molar-refractivity contribution in [2.75, 3.05) is 6.54 Å². The third-order valence-electron chi connectivity index (χ3n) is 4.09. The van der Waals surface area contributed by atoms with Crippen molar-refractivity contribution in [3.63, 3.8) is 0 Å². The Morgan fingerprint density at radius 1 is 1.45 bits per heavy atom. The van der Waals surface area contributed by atoms with E-state index in [0.717, 1.165) is 31.6 Å². The lowest BCUT2D eigenvalue weighted by molar-refractivity contribution is -0.132. The van der Waals surface area contributed by atoms with Gasteiger partial charge in [0.15, 0.2) is 5.82 Å². The van der Waals surface area contributed by atoms with Gasteiger partial charge in [0.2, 0.25) is 11.8 Å². The predicted octanol–water partition coefficient (Wildman–Crippen LogP) is 2.28. The molecule has 0 bridgehead atoms. The Balaban J connectivity index is 1.77. The van der Waals surface area contributed by atoms with Gasteiger partial charge in [0, 0.05) is 31.3 Å². The summed E-state index contributed by atoms with van der Waals surface area (Å²) in [5.74, 6) is 1.76. The van der Waals surface area contributed by atoms with Crippen LogP contribution in [0.5, 0.6) is 0 Å². The molecule has 2 heterocycles. The molecule has 1 aromatic heterocycles. The molecular formula is C16H27N3O3. The zero-order valence-electron chi connectivity index (χ0n) is 13.8. The number of likely N-dealkylation sites (tertiary alicyclic amines) is 1. The number of aromatic nitrogens is 2. The summed E-state index contributed by atoms with van der Waals surface area (Å²) in [6.07, 6.45) is 4.20. The number of rotatable bonds is 7. The van der Waals surface area contributed by atoms with Gasteiger partial charge in [0.05, 0.1) is 6.10 Å². The molecule has 2 unspecified atom stereocenters. The van der Waals surface area contributed by atoms with Crippen LogP contribution < -0.4 is 0 Å². The quantitative estimate of drug-likeness (QED) is 0.836. The number of aryl methyl sites for hydroxylation is 1. The van der Waals surface area contributed by atoms with Gasteiger partial charge in [-0.25, -0.2) is 0 Å². The van der Waals surface area contributed by atoms with Crippen molar-refractivity contribution in [3.05, 3.63) is 11.7 Å².